The molecule has 0 radical (unpaired) electrons. The van der Waals surface area contributed by atoms with Crippen molar-refractivity contribution in [2.75, 3.05) is 7.11 Å². The third-order valence-corrected chi connectivity index (χ3v) is 4.79. The molecule has 0 bridgehead atoms. The van der Waals surface area contributed by atoms with Gasteiger partial charge in [0, 0.05) is 0 Å². The number of unbranched alkanes of at least 4 members (excludes halogenated alkanes) is 2. The van der Waals surface area contributed by atoms with Crippen molar-refractivity contribution in [3.8, 4) is 0 Å². The number of esters is 1. The van der Waals surface area contributed by atoms with Crippen LogP contribution in [0.3, 0.4) is 0 Å². The van der Waals surface area contributed by atoms with Gasteiger partial charge in [0.1, 0.15) is 0 Å². The van der Waals surface area contributed by atoms with Gasteiger partial charge in [-0.2, -0.15) is 0 Å². The van der Waals surface area contributed by atoms with Crippen molar-refractivity contribution >= 4 is 25.4 Å². The van der Waals surface area contributed by atoms with E-state index in [0.29, 0.717) is 0 Å². The molecular weight excluding hydrogens is 291 g/mol. The summed E-state index contributed by atoms with van der Waals surface area (Å²) in [6.07, 6.45) is 6.22. The van der Waals surface area contributed by atoms with E-state index in [1.165, 1.54) is 28.9 Å². The van der Waals surface area contributed by atoms with Crippen molar-refractivity contribution in [2.45, 2.75) is 32.6 Å². The topological polar surface area (TPSA) is 26.3 Å². The second kappa shape index (κ2) is 8.96. The molecule has 3 heteroatoms. The molecule has 0 fully saturated rings. The molecule has 1 aromatic carbocycles. The zero-order chi connectivity index (χ0) is 13.2. The van der Waals surface area contributed by atoms with Crippen molar-refractivity contribution in [3.05, 3.63) is 40.9 Å². The molecule has 0 saturated heterocycles. The monoisotopic (exact) mass is 312 g/mol. The molecule has 0 saturated carbocycles. The van der Waals surface area contributed by atoms with E-state index in [4.69, 9.17) is 4.74 Å². The number of carbonyl (C=O) groups excluding carboxylic acids is 1. The van der Waals surface area contributed by atoms with Gasteiger partial charge < -0.3 is 0 Å². The Balaban J connectivity index is 2.65. The molecule has 0 heterocycles. The summed E-state index contributed by atoms with van der Waals surface area (Å²) in [6.45, 7) is 2.19. The van der Waals surface area contributed by atoms with Gasteiger partial charge in [-0.3, -0.25) is 0 Å². The first-order valence-electron chi connectivity index (χ1n) is 6.27. The first kappa shape index (κ1) is 15.0. The Hall–Kier alpha value is -1.05. The van der Waals surface area contributed by atoms with E-state index in [2.05, 4.69) is 19.1 Å². The van der Waals surface area contributed by atoms with Gasteiger partial charge in [0.2, 0.25) is 0 Å². The van der Waals surface area contributed by atoms with Crippen LogP contribution >= 0.6 is 0 Å². The Morgan fingerprint density at radius 3 is 2.61 bits per heavy atom. The van der Waals surface area contributed by atoms with Gasteiger partial charge in [0.25, 0.3) is 0 Å². The fraction of sp³-hybridized carbons (Fsp3) is 0.400. The van der Waals surface area contributed by atoms with E-state index in [1.54, 1.807) is 6.08 Å². The van der Waals surface area contributed by atoms with E-state index in [0.717, 1.165) is 12.8 Å². The SMILES string of the molecule is CCCCC/C(=C/C(=O)OC)[Se]c1ccccc1. The van der Waals surface area contributed by atoms with Gasteiger partial charge in [-0.05, 0) is 0 Å². The second-order valence-corrected chi connectivity index (χ2v) is 6.52. The van der Waals surface area contributed by atoms with Crippen LogP contribution in [0.5, 0.6) is 0 Å². The van der Waals surface area contributed by atoms with E-state index < -0.39 is 0 Å². The Morgan fingerprint density at radius 2 is 2.00 bits per heavy atom. The standard InChI is InChI=1S/C15H20O2Se/c1-3-4-6-11-14(12-15(16)17-2)18-13-9-7-5-8-10-13/h5,7-10,12H,3-4,6,11H2,1-2H3/b14-12-. The van der Waals surface area contributed by atoms with Gasteiger partial charge in [-0.15, -0.1) is 0 Å². The van der Waals surface area contributed by atoms with Gasteiger partial charge in [0.05, 0.1) is 0 Å². The first-order chi connectivity index (χ1) is 8.76. The van der Waals surface area contributed by atoms with Crippen LogP contribution in [-0.4, -0.2) is 28.0 Å². The number of hydrogen-bond acceptors (Lipinski definition) is 2. The predicted molar refractivity (Wildman–Crippen MR) is 76.1 cm³/mol. The molecule has 1 rings (SSSR count). The molecule has 18 heavy (non-hydrogen) atoms. The summed E-state index contributed by atoms with van der Waals surface area (Å²) in [7, 11) is 1.43. The Kier molecular flexibility index (Phi) is 7.47. The fourth-order valence-corrected chi connectivity index (χ4v) is 3.63. The van der Waals surface area contributed by atoms with Crippen molar-refractivity contribution in [2.24, 2.45) is 0 Å². The Morgan fingerprint density at radius 1 is 1.28 bits per heavy atom. The molecule has 0 atom stereocenters. The van der Waals surface area contributed by atoms with Crippen LogP contribution in [0, 0.1) is 0 Å². The molecule has 0 amide bonds. The number of rotatable bonds is 7. The molecule has 0 aromatic heterocycles. The molecule has 98 valence electrons. The zero-order valence-corrected chi connectivity index (χ0v) is 12.7. The average Bonchev–Trinajstić information content (AvgIpc) is 2.40. The molecule has 0 aliphatic heterocycles. The van der Waals surface area contributed by atoms with E-state index in [1.807, 2.05) is 18.2 Å². The van der Waals surface area contributed by atoms with Crippen molar-refractivity contribution in [3.63, 3.8) is 0 Å². The number of methoxy groups -OCH3 is 1. The quantitative estimate of drug-likeness (QED) is 0.335. The third-order valence-electron chi connectivity index (χ3n) is 2.50. The predicted octanol–water partition coefficient (Wildman–Crippen LogP) is 2.65. The molecule has 0 N–H and O–H groups in total. The van der Waals surface area contributed by atoms with Crippen LogP contribution in [0.1, 0.15) is 32.6 Å². The van der Waals surface area contributed by atoms with Crippen LogP contribution in [0.2, 0.25) is 0 Å². The van der Waals surface area contributed by atoms with E-state index >= 15 is 0 Å². The summed E-state index contributed by atoms with van der Waals surface area (Å²) in [5.41, 5.74) is 0. The fourth-order valence-electron chi connectivity index (χ4n) is 1.53. The summed E-state index contributed by atoms with van der Waals surface area (Å²) in [4.78, 5) is 11.4. The number of carbonyl (C=O) groups is 1. The normalized spacial score (nSPS) is 11.3. The Bertz CT molecular complexity index is 385. The van der Waals surface area contributed by atoms with Crippen molar-refractivity contribution in [1.29, 1.82) is 0 Å². The number of allylic oxidation sites excluding steroid dienone is 1. The van der Waals surface area contributed by atoms with Crippen LogP contribution in [-0.2, 0) is 9.53 Å². The number of hydrogen-bond donors (Lipinski definition) is 0. The first-order valence-corrected chi connectivity index (χ1v) is 7.99. The average molecular weight is 311 g/mol. The van der Waals surface area contributed by atoms with Gasteiger partial charge in [-0.25, -0.2) is 0 Å². The molecule has 0 aliphatic rings. The van der Waals surface area contributed by atoms with Gasteiger partial charge >= 0.3 is 116 Å². The maximum atomic E-state index is 11.4. The summed E-state index contributed by atoms with van der Waals surface area (Å²) < 4.78 is 7.24. The van der Waals surface area contributed by atoms with Crippen LogP contribution < -0.4 is 4.46 Å². The summed E-state index contributed by atoms with van der Waals surface area (Å²) in [6, 6.07) is 10.3. The van der Waals surface area contributed by atoms with E-state index in [9.17, 15) is 4.79 Å². The van der Waals surface area contributed by atoms with Crippen molar-refractivity contribution in [1.82, 2.24) is 0 Å². The summed E-state index contributed by atoms with van der Waals surface area (Å²) in [5.74, 6) is -0.237. The summed E-state index contributed by atoms with van der Waals surface area (Å²) >= 11 is 0.225. The zero-order valence-electron chi connectivity index (χ0n) is 11.0. The van der Waals surface area contributed by atoms with Crippen LogP contribution in [0.25, 0.3) is 0 Å². The van der Waals surface area contributed by atoms with Crippen LogP contribution in [0.15, 0.2) is 40.9 Å². The number of benzene rings is 1. The summed E-state index contributed by atoms with van der Waals surface area (Å²) in [5, 5.41) is 0. The van der Waals surface area contributed by atoms with Crippen LogP contribution in [0.4, 0.5) is 0 Å². The molecule has 1 aromatic rings. The van der Waals surface area contributed by atoms with E-state index in [-0.39, 0.29) is 20.9 Å². The third kappa shape index (κ3) is 6.04. The minimum absolute atomic E-state index is 0.225. The molecular formula is C15H20O2Se. The maximum absolute atomic E-state index is 11.4. The molecule has 0 spiro atoms. The van der Waals surface area contributed by atoms with Gasteiger partial charge in [0.15, 0.2) is 0 Å². The molecule has 0 unspecified atom stereocenters. The molecule has 0 aliphatic carbocycles. The Labute approximate surface area is 116 Å². The number of ether oxygens (including phenoxy) is 1. The van der Waals surface area contributed by atoms with Gasteiger partial charge in [-0.1, -0.05) is 0 Å². The van der Waals surface area contributed by atoms with Crippen molar-refractivity contribution < 1.29 is 9.53 Å². The molecule has 2 nitrogen and oxygen atoms in total. The minimum atomic E-state index is -0.237. The second-order valence-electron chi connectivity index (χ2n) is 4.01.